The van der Waals surface area contributed by atoms with E-state index in [1.807, 2.05) is 0 Å². The molecule has 0 unspecified atom stereocenters. The molecule has 1 aromatic carbocycles. The Morgan fingerprint density at radius 3 is 2.71 bits per heavy atom. The number of pyridine rings is 1. The number of nitrogens with one attached hydrogen (secondary N) is 1. The molecule has 2 rings (SSSR count). The average molecular weight is 419 g/mol. The Morgan fingerprint density at radius 2 is 2.05 bits per heavy atom. The van der Waals surface area contributed by atoms with Crippen LogP contribution < -0.4 is 16.6 Å². The molecule has 8 heteroatoms. The molecule has 1 heterocycles. The van der Waals surface area contributed by atoms with Crippen LogP contribution in [0, 0.1) is 5.82 Å². The summed E-state index contributed by atoms with van der Waals surface area (Å²) in [6.07, 6.45) is 1.50. The Bertz CT molecular complexity index is 762. The van der Waals surface area contributed by atoms with Gasteiger partial charge in [0.15, 0.2) is 0 Å². The molecule has 110 valence electrons. The minimum absolute atomic E-state index is 0.117. The molecule has 0 atom stereocenters. The van der Waals surface area contributed by atoms with Gasteiger partial charge in [0, 0.05) is 10.7 Å². The first-order chi connectivity index (χ1) is 9.86. The van der Waals surface area contributed by atoms with Gasteiger partial charge in [-0.3, -0.25) is 9.59 Å². The predicted molar refractivity (Wildman–Crippen MR) is 85.5 cm³/mol. The Hall–Kier alpha value is -1.67. The summed E-state index contributed by atoms with van der Waals surface area (Å²) in [5.41, 5.74) is 5.68. The molecule has 2 aromatic rings. The first-order valence-electron chi connectivity index (χ1n) is 5.77. The molecular formula is C13H10Br2FN3O2. The lowest BCUT2D eigenvalue weighted by Gasteiger charge is -2.10. The molecule has 0 aliphatic heterocycles. The summed E-state index contributed by atoms with van der Waals surface area (Å²) < 4.78 is 15.2. The van der Waals surface area contributed by atoms with Crippen molar-refractivity contribution in [2.24, 2.45) is 0 Å². The van der Waals surface area contributed by atoms with Crippen molar-refractivity contribution in [1.29, 1.82) is 0 Å². The number of nitrogens with two attached hydrogens (primary N) is 1. The van der Waals surface area contributed by atoms with E-state index in [-0.39, 0.29) is 17.8 Å². The highest BCUT2D eigenvalue weighted by molar-refractivity contribution is 9.11. The number of carbonyl (C=O) groups excluding carboxylic acids is 1. The second-order valence-corrected chi connectivity index (χ2v) is 5.99. The summed E-state index contributed by atoms with van der Waals surface area (Å²) in [4.78, 5) is 23.8. The fourth-order valence-corrected chi connectivity index (χ4v) is 2.93. The van der Waals surface area contributed by atoms with Crippen molar-refractivity contribution in [3.8, 4) is 0 Å². The van der Waals surface area contributed by atoms with Crippen molar-refractivity contribution in [2.45, 2.75) is 6.54 Å². The largest absolute Gasteiger partial charge is 0.397 e. The van der Waals surface area contributed by atoms with Crippen molar-refractivity contribution >= 4 is 49.1 Å². The van der Waals surface area contributed by atoms with Gasteiger partial charge in [-0.05, 0) is 56.1 Å². The fourth-order valence-electron chi connectivity index (χ4n) is 1.67. The Kier molecular flexibility index (Phi) is 4.79. The maximum atomic E-state index is 12.9. The van der Waals surface area contributed by atoms with E-state index in [1.54, 1.807) is 6.07 Å². The standard InChI is InChI=1S/C13H10Br2FN3O2/c14-7-3-9(15)13(21)19(5-7)6-12(20)18-11-2-1-8(16)4-10(11)17/h1-5H,6,17H2,(H,18,20). The molecule has 0 spiro atoms. The maximum absolute atomic E-state index is 12.9. The Morgan fingerprint density at radius 1 is 1.33 bits per heavy atom. The third-order valence-corrected chi connectivity index (χ3v) is 3.61. The number of benzene rings is 1. The van der Waals surface area contributed by atoms with Gasteiger partial charge in [0.05, 0.1) is 15.8 Å². The molecule has 0 aliphatic rings. The highest BCUT2D eigenvalue weighted by atomic mass is 79.9. The molecule has 1 aromatic heterocycles. The number of nitrogen functional groups attached to an aromatic ring is 1. The molecule has 1 amide bonds. The number of nitrogens with zero attached hydrogens (tertiary/aromatic N) is 1. The van der Waals surface area contributed by atoms with Gasteiger partial charge >= 0.3 is 0 Å². The minimum Gasteiger partial charge on any atom is -0.397 e. The Balaban J connectivity index is 2.17. The van der Waals surface area contributed by atoms with E-state index in [2.05, 4.69) is 37.2 Å². The van der Waals surface area contributed by atoms with Gasteiger partial charge in [0.25, 0.3) is 5.56 Å². The number of rotatable bonds is 3. The van der Waals surface area contributed by atoms with Crippen LogP contribution in [0.5, 0.6) is 0 Å². The number of amides is 1. The predicted octanol–water partition coefficient (Wildman–Crippen LogP) is 2.73. The lowest BCUT2D eigenvalue weighted by molar-refractivity contribution is -0.116. The normalized spacial score (nSPS) is 10.4. The lowest BCUT2D eigenvalue weighted by Crippen LogP contribution is -2.27. The minimum atomic E-state index is -0.488. The van der Waals surface area contributed by atoms with Crippen LogP contribution in [0.4, 0.5) is 15.8 Å². The number of hydrogen-bond donors (Lipinski definition) is 2. The highest BCUT2D eigenvalue weighted by Crippen LogP contribution is 2.19. The summed E-state index contributed by atoms with van der Waals surface area (Å²) in [5, 5.41) is 2.53. The third kappa shape index (κ3) is 3.92. The SMILES string of the molecule is Nc1cc(F)ccc1NC(=O)Cn1cc(Br)cc(Br)c1=O. The molecule has 0 fully saturated rings. The van der Waals surface area contributed by atoms with E-state index < -0.39 is 11.7 Å². The van der Waals surface area contributed by atoms with E-state index in [9.17, 15) is 14.0 Å². The first-order valence-corrected chi connectivity index (χ1v) is 7.36. The molecule has 0 aliphatic carbocycles. The fraction of sp³-hybridized carbons (Fsp3) is 0.0769. The smallest absolute Gasteiger partial charge is 0.265 e. The topological polar surface area (TPSA) is 77.1 Å². The molecule has 21 heavy (non-hydrogen) atoms. The van der Waals surface area contributed by atoms with E-state index in [0.717, 1.165) is 6.07 Å². The summed E-state index contributed by atoms with van der Waals surface area (Å²) in [6.45, 7) is -0.187. The van der Waals surface area contributed by atoms with Gasteiger partial charge in [-0.1, -0.05) is 0 Å². The molecule has 0 saturated heterocycles. The van der Waals surface area contributed by atoms with E-state index in [1.165, 1.54) is 22.9 Å². The van der Waals surface area contributed by atoms with Crippen molar-refractivity contribution in [2.75, 3.05) is 11.1 Å². The molecule has 0 bridgehead atoms. The zero-order valence-electron chi connectivity index (χ0n) is 10.6. The zero-order valence-corrected chi connectivity index (χ0v) is 13.7. The van der Waals surface area contributed by atoms with Gasteiger partial charge in [-0.25, -0.2) is 4.39 Å². The summed E-state index contributed by atoms with van der Waals surface area (Å²) in [5.74, 6) is -0.932. The summed E-state index contributed by atoms with van der Waals surface area (Å²) in [6, 6.07) is 5.25. The van der Waals surface area contributed by atoms with Crippen LogP contribution in [-0.2, 0) is 11.3 Å². The van der Waals surface area contributed by atoms with E-state index in [4.69, 9.17) is 5.73 Å². The summed E-state index contributed by atoms with van der Waals surface area (Å²) in [7, 11) is 0. The highest BCUT2D eigenvalue weighted by Gasteiger charge is 2.10. The van der Waals surface area contributed by atoms with E-state index >= 15 is 0 Å². The van der Waals surface area contributed by atoms with Crippen LogP contribution in [0.2, 0.25) is 0 Å². The second-order valence-electron chi connectivity index (χ2n) is 4.22. The first kappa shape index (κ1) is 15.7. The molecular weight excluding hydrogens is 409 g/mol. The average Bonchev–Trinajstić information content (AvgIpc) is 2.38. The zero-order chi connectivity index (χ0) is 15.6. The van der Waals surface area contributed by atoms with Crippen LogP contribution in [0.1, 0.15) is 0 Å². The molecule has 3 N–H and O–H groups in total. The van der Waals surface area contributed by atoms with E-state index in [0.29, 0.717) is 14.6 Å². The monoisotopic (exact) mass is 417 g/mol. The Labute approximate surface area is 136 Å². The lowest BCUT2D eigenvalue weighted by atomic mass is 10.2. The number of anilines is 2. The summed E-state index contributed by atoms with van der Waals surface area (Å²) >= 11 is 6.36. The maximum Gasteiger partial charge on any atom is 0.265 e. The van der Waals surface area contributed by atoms with Crippen LogP contribution in [0.3, 0.4) is 0 Å². The van der Waals surface area contributed by atoms with Crippen LogP contribution in [0.25, 0.3) is 0 Å². The van der Waals surface area contributed by atoms with Gasteiger partial charge < -0.3 is 15.6 Å². The van der Waals surface area contributed by atoms with Crippen molar-refractivity contribution < 1.29 is 9.18 Å². The van der Waals surface area contributed by atoms with Crippen molar-refractivity contribution in [3.63, 3.8) is 0 Å². The van der Waals surface area contributed by atoms with Crippen molar-refractivity contribution in [1.82, 2.24) is 4.57 Å². The second kappa shape index (κ2) is 6.40. The quantitative estimate of drug-likeness (QED) is 0.752. The van der Waals surface area contributed by atoms with Gasteiger partial charge in [-0.15, -0.1) is 0 Å². The van der Waals surface area contributed by atoms with Crippen LogP contribution >= 0.6 is 31.9 Å². The molecule has 5 nitrogen and oxygen atoms in total. The number of aromatic nitrogens is 1. The van der Waals surface area contributed by atoms with Gasteiger partial charge in [0.1, 0.15) is 12.4 Å². The number of carbonyl (C=O) groups is 1. The van der Waals surface area contributed by atoms with Crippen LogP contribution in [-0.4, -0.2) is 10.5 Å². The third-order valence-electron chi connectivity index (χ3n) is 2.61. The van der Waals surface area contributed by atoms with Crippen molar-refractivity contribution in [3.05, 3.63) is 55.6 Å². The number of hydrogen-bond acceptors (Lipinski definition) is 3. The van der Waals surface area contributed by atoms with Gasteiger partial charge in [0.2, 0.25) is 5.91 Å². The molecule has 0 saturated carbocycles. The van der Waals surface area contributed by atoms with Crippen LogP contribution in [0.15, 0.2) is 44.2 Å². The van der Waals surface area contributed by atoms with Gasteiger partial charge in [-0.2, -0.15) is 0 Å². The molecule has 0 radical (unpaired) electrons. The number of halogens is 3.